The third-order valence-corrected chi connectivity index (χ3v) is 2.94. The number of hydrogen-bond acceptors (Lipinski definition) is 2. The highest BCUT2D eigenvalue weighted by Crippen LogP contribution is 2.20. The molecule has 17 heavy (non-hydrogen) atoms. The molecule has 1 heterocycles. The van der Waals surface area contributed by atoms with Crippen molar-refractivity contribution in [3.05, 3.63) is 30.1 Å². The Kier molecular flexibility index (Phi) is 5.98. The minimum absolute atomic E-state index is 0.418. The maximum absolute atomic E-state index is 4.42. The van der Waals surface area contributed by atoms with Crippen LogP contribution in [0.1, 0.15) is 50.0 Å². The third-order valence-electron chi connectivity index (χ3n) is 2.94. The number of rotatable bonds is 8. The van der Waals surface area contributed by atoms with Gasteiger partial charge in [-0.05, 0) is 45.2 Å². The Morgan fingerprint density at radius 3 is 2.88 bits per heavy atom. The van der Waals surface area contributed by atoms with Crippen LogP contribution in [0.3, 0.4) is 0 Å². The van der Waals surface area contributed by atoms with Gasteiger partial charge in [0.2, 0.25) is 0 Å². The Labute approximate surface area is 105 Å². The molecule has 0 spiro atoms. The average molecular weight is 235 g/mol. The van der Waals surface area contributed by atoms with E-state index < -0.39 is 0 Å². The van der Waals surface area contributed by atoms with Crippen LogP contribution < -0.4 is 5.32 Å². The Bertz CT molecular complexity index is 341. The van der Waals surface area contributed by atoms with Crippen molar-refractivity contribution >= 4 is 0 Å². The van der Waals surface area contributed by atoms with Gasteiger partial charge < -0.3 is 5.32 Å². The number of nitrogens with one attached hydrogen (secondary N) is 1. The summed E-state index contributed by atoms with van der Waals surface area (Å²) in [6.45, 7) is 9.08. The van der Waals surface area contributed by atoms with Crippen molar-refractivity contribution in [2.45, 2.75) is 45.6 Å². The normalized spacial score (nSPS) is 12.6. The van der Waals surface area contributed by atoms with E-state index >= 15 is 0 Å². The molecular formula is C14H25N3. The van der Waals surface area contributed by atoms with Crippen LogP contribution in [0.2, 0.25) is 0 Å². The van der Waals surface area contributed by atoms with Crippen LogP contribution in [0, 0.1) is 6.92 Å². The summed E-state index contributed by atoms with van der Waals surface area (Å²) in [7, 11) is 2.02. The summed E-state index contributed by atoms with van der Waals surface area (Å²) in [5.41, 5.74) is 2.38. The monoisotopic (exact) mass is 235 g/mol. The second-order valence-electron chi connectivity index (χ2n) is 4.56. The highest BCUT2D eigenvalue weighted by Gasteiger charge is 2.14. The minimum Gasteiger partial charge on any atom is -0.309 e. The molecule has 96 valence electrons. The first-order valence-corrected chi connectivity index (χ1v) is 6.53. The number of aryl methyl sites for hydroxylation is 2. The minimum atomic E-state index is 0.418. The van der Waals surface area contributed by atoms with Gasteiger partial charge in [0.1, 0.15) is 0 Å². The van der Waals surface area contributed by atoms with Crippen molar-refractivity contribution < 1.29 is 0 Å². The maximum atomic E-state index is 4.42. The van der Waals surface area contributed by atoms with Crippen molar-refractivity contribution in [2.75, 3.05) is 6.54 Å². The molecule has 0 radical (unpaired) electrons. The lowest BCUT2D eigenvalue weighted by Gasteiger charge is -2.18. The molecule has 0 fully saturated rings. The molecule has 1 aromatic heterocycles. The van der Waals surface area contributed by atoms with Gasteiger partial charge in [0.15, 0.2) is 0 Å². The van der Waals surface area contributed by atoms with Crippen LogP contribution >= 0.6 is 0 Å². The smallest absolute Gasteiger partial charge is 0.0597 e. The molecule has 3 heteroatoms. The SMILES string of the molecule is C=CCCCC(NCCC)c1cc(C)nn1C. The van der Waals surface area contributed by atoms with Crippen molar-refractivity contribution in [1.82, 2.24) is 15.1 Å². The molecule has 1 unspecified atom stereocenters. The van der Waals surface area contributed by atoms with Gasteiger partial charge in [-0.3, -0.25) is 4.68 Å². The topological polar surface area (TPSA) is 29.9 Å². The fourth-order valence-corrected chi connectivity index (χ4v) is 2.10. The number of unbranched alkanes of at least 4 members (excludes halogenated alkanes) is 1. The van der Waals surface area contributed by atoms with Gasteiger partial charge in [-0.1, -0.05) is 13.0 Å². The molecule has 0 saturated heterocycles. The van der Waals surface area contributed by atoms with Gasteiger partial charge in [0, 0.05) is 13.1 Å². The Morgan fingerprint density at radius 1 is 1.59 bits per heavy atom. The lowest BCUT2D eigenvalue weighted by Crippen LogP contribution is -2.24. The van der Waals surface area contributed by atoms with E-state index in [1.165, 1.54) is 12.1 Å². The number of hydrogen-bond donors (Lipinski definition) is 1. The van der Waals surface area contributed by atoms with Gasteiger partial charge in [-0.25, -0.2) is 0 Å². The molecule has 0 aliphatic carbocycles. The van der Waals surface area contributed by atoms with Crippen molar-refractivity contribution in [3.8, 4) is 0 Å². The van der Waals surface area contributed by atoms with Crippen LogP contribution in [-0.4, -0.2) is 16.3 Å². The standard InChI is InChI=1S/C14H25N3/c1-5-7-8-9-13(15-10-6-2)14-11-12(3)16-17(14)4/h5,11,13,15H,1,6-10H2,2-4H3. The Hall–Kier alpha value is -1.09. The highest BCUT2D eigenvalue weighted by molar-refractivity contribution is 5.13. The maximum Gasteiger partial charge on any atom is 0.0597 e. The first-order chi connectivity index (χ1) is 8.19. The van der Waals surface area contributed by atoms with E-state index in [2.05, 4.69) is 30.0 Å². The van der Waals surface area contributed by atoms with E-state index in [-0.39, 0.29) is 0 Å². The Morgan fingerprint density at radius 2 is 2.35 bits per heavy atom. The Balaban J connectivity index is 2.67. The lowest BCUT2D eigenvalue weighted by molar-refractivity contribution is 0.457. The second kappa shape index (κ2) is 7.28. The quantitative estimate of drug-likeness (QED) is 0.554. The molecule has 1 N–H and O–H groups in total. The van der Waals surface area contributed by atoms with E-state index in [9.17, 15) is 0 Å². The van der Waals surface area contributed by atoms with E-state index in [4.69, 9.17) is 0 Å². The first kappa shape index (κ1) is 14.0. The number of aromatic nitrogens is 2. The summed E-state index contributed by atoms with van der Waals surface area (Å²) in [5.74, 6) is 0. The van der Waals surface area contributed by atoms with Crippen molar-refractivity contribution in [1.29, 1.82) is 0 Å². The van der Waals surface area contributed by atoms with Crippen LogP contribution in [0.4, 0.5) is 0 Å². The van der Waals surface area contributed by atoms with Gasteiger partial charge in [0.05, 0.1) is 11.4 Å². The number of allylic oxidation sites excluding steroid dienone is 1. The van der Waals surface area contributed by atoms with E-state index in [1.54, 1.807) is 0 Å². The van der Waals surface area contributed by atoms with Crippen LogP contribution in [0.15, 0.2) is 18.7 Å². The summed E-state index contributed by atoms with van der Waals surface area (Å²) in [6.07, 6.45) is 6.56. The molecule has 0 aliphatic heterocycles. The second-order valence-corrected chi connectivity index (χ2v) is 4.56. The summed E-state index contributed by atoms with van der Waals surface area (Å²) in [4.78, 5) is 0. The summed E-state index contributed by atoms with van der Waals surface area (Å²) in [6, 6.07) is 2.60. The zero-order valence-electron chi connectivity index (χ0n) is 11.4. The average Bonchev–Trinajstić information content (AvgIpc) is 2.63. The van der Waals surface area contributed by atoms with E-state index in [0.717, 1.165) is 31.5 Å². The fourth-order valence-electron chi connectivity index (χ4n) is 2.10. The van der Waals surface area contributed by atoms with Gasteiger partial charge in [0.25, 0.3) is 0 Å². The summed E-state index contributed by atoms with van der Waals surface area (Å²) < 4.78 is 2.00. The van der Waals surface area contributed by atoms with Crippen molar-refractivity contribution in [2.24, 2.45) is 7.05 Å². The molecule has 0 saturated carbocycles. The van der Waals surface area contributed by atoms with Gasteiger partial charge in [-0.2, -0.15) is 5.10 Å². The molecule has 1 aromatic rings. The summed E-state index contributed by atoms with van der Waals surface area (Å²) in [5, 5.41) is 8.03. The molecule has 0 aromatic carbocycles. The zero-order valence-corrected chi connectivity index (χ0v) is 11.4. The first-order valence-electron chi connectivity index (χ1n) is 6.53. The largest absolute Gasteiger partial charge is 0.309 e. The van der Waals surface area contributed by atoms with Crippen LogP contribution in [0.5, 0.6) is 0 Å². The van der Waals surface area contributed by atoms with Crippen LogP contribution in [0.25, 0.3) is 0 Å². The van der Waals surface area contributed by atoms with E-state index in [1.807, 2.05) is 24.7 Å². The fraction of sp³-hybridized carbons (Fsp3) is 0.643. The highest BCUT2D eigenvalue weighted by atomic mass is 15.3. The van der Waals surface area contributed by atoms with Crippen LogP contribution in [-0.2, 0) is 7.05 Å². The predicted octanol–water partition coefficient (Wildman–Crippen LogP) is 3.13. The molecular weight excluding hydrogens is 210 g/mol. The lowest BCUT2D eigenvalue weighted by atomic mass is 10.1. The molecule has 3 nitrogen and oxygen atoms in total. The zero-order chi connectivity index (χ0) is 12.7. The molecule has 0 aliphatic rings. The molecule has 1 atom stereocenters. The molecule has 0 bridgehead atoms. The number of nitrogens with zero attached hydrogens (tertiary/aromatic N) is 2. The third kappa shape index (κ3) is 4.35. The predicted molar refractivity (Wildman–Crippen MR) is 73.0 cm³/mol. The van der Waals surface area contributed by atoms with Gasteiger partial charge >= 0.3 is 0 Å². The van der Waals surface area contributed by atoms with Crippen molar-refractivity contribution in [3.63, 3.8) is 0 Å². The molecule has 1 rings (SSSR count). The van der Waals surface area contributed by atoms with E-state index in [0.29, 0.717) is 6.04 Å². The molecule has 0 amide bonds. The van der Waals surface area contributed by atoms with Gasteiger partial charge in [-0.15, -0.1) is 6.58 Å². The summed E-state index contributed by atoms with van der Waals surface area (Å²) >= 11 is 0.